The zero-order valence-corrected chi connectivity index (χ0v) is 10.7. The van der Waals surface area contributed by atoms with Crippen LogP contribution >= 0.6 is 0 Å². The molecule has 20 heavy (non-hydrogen) atoms. The minimum Gasteiger partial charge on any atom is -0.434 e. The van der Waals surface area contributed by atoms with Gasteiger partial charge in [0, 0.05) is 13.2 Å². The number of carbonyl (C=O) groups excluding carboxylic acids is 1. The molecule has 7 heteroatoms. The summed E-state index contributed by atoms with van der Waals surface area (Å²) in [6.45, 7) is -2.76. The first-order valence-corrected chi connectivity index (χ1v) is 5.87. The van der Waals surface area contributed by atoms with E-state index in [-0.39, 0.29) is 17.9 Å². The van der Waals surface area contributed by atoms with E-state index >= 15 is 0 Å². The number of aromatic nitrogens is 2. The summed E-state index contributed by atoms with van der Waals surface area (Å²) in [5, 5.41) is 6.70. The lowest BCUT2D eigenvalue weighted by Crippen LogP contribution is -2.24. The zero-order chi connectivity index (χ0) is 14.5. The summed E-state index contributed by atoms with van der Waals surface area (Å²) in [5.74, 6) is -0.645. The molecule has 1 aromatic heterocycles. The van der Waals surface area contributed by atoms with Crippen molar-refractivity contribution < 1.29 is 18.3 Å². The van der Waals surface area contributed by atoms with Crippen LogP contribution in [0.4, 0.5) is 8.78 Å². The highest BCUT2D eigenvalue weighted by atomic mass is 19.3. The van der Waals surface area contributed by atoms with Crippen molar-refractivity contribution in [2.45, 2.75) is 13.2 Å². The van der Waals surface area contributed by atoms with Gasteiger partial charge in [0.1, 0.15) is 5.75 Å². The van der Waals surface area contributed by atoms with E-state index in [1.807, 2.05) is 0 Å². The minimum atomic E-state index is -2.97. The largest absolute Gasteiger partial charge is 0.434 e. The molecule has 5 nitrogen and oxygen atoms in total. The Morgan fingerprint density at radius 1 is 1.40 bits per heavy atom. The third kappa shape index (κ3) is 3.53. The number of hydrogen-bond acceptors (Lipinski definition) is 3. The summed E-state index contributed by atoms with van der Waals surface area (Å²) in [6, 6.07) is 7.59. The first kappa shape index (κ1) is 14.0. The predicted octanol–water partition coefficient (Wildman–Crippen LogP) is 1.95. The van der Waals surface area contributed by atoms with Crippen molar-refractivity contribution in [3.63, 3.8) is 0 Å². The number of aryl methyl sites for hydroxylation is 1. The summed E-state index contributed by atoms with van der Waals surface area (Å²) in [7, 11) is 1.76. The van der Waals surface area contributed by atoms with Gasteiger partial charge in [-0.3, -0.25) is 9.48 Å². The Morgan fingerprint density at radius 3 is 2.80 bits per heavy atom. The van der Waals surface area contributed by atoms with E-state index < -0.39 is 12.5 Å². The van der Waals surface area contributed by atoms with Crippen molar-refractivity contribution in [1.29, 1.82) is 0 Å². The molecule has 1 heterocycles. The van der Waals surface area contributed by atoms with Gasteiger partial charge in [0.15, 0.2) is 0 Å². The van der Waals surface area contributed by atoms with Crippen LogP contribution in [0, 0.1) is 0 Å². The van der Waals surface area contributed by atoms with Gasteiger partial charge < -0.3 is 10.1 Å². The molecule has 0 saturated carbocycles. The molecule has 0 aliphatic carbocycles. The van der Waals surface area contributed by atoms with Gasteiger partial charge in [-0.15, -0.1) is 0 Å². The quantitative estimate of drug-likeness (QED) is 0.911. The molecule has 0 aliphatic rings. The molecule has 0 unspecified atom stereocenters. The standard InChI is InChI=1S/C13H13F2N3O2/c1-18-7-6-9(17-18)8-16-12(19)10-4-2-3-5-11(10)20-13(14)15/h2-7,13H,8H2,1H3,(H,16,19). The second kappa shape index (κ2) is 6.14. The van der Waals surface area contributed by atoms with Gasteiger partial charge in [0.2, 0.25) is 0 Å². The van der Waals surface area contributed by atoms with Crippen molar-refractivity contribution in [3.05, 3.63) is 47.8 Å². The first-order valence-electron chi connectivity index (χ1n) is 5.87. The lowest BCUT2D eigenvalue weighted by molar-refractivity contribution is -0.0501. The van der Waals surface area contributed by atoms with E-state index in [1.165, 1.54) is 18.2 Å². The Balaban J connectivity index is 2.05. The molecule has 0 radical (unpaired) electrons. The van der Waals surface area contributed by atoms with Crippen LogP contribution < -0.4 is 10.1 Å². The number of nitrogens with zero attached hydrogens (tertiary/aromatic N) is 2. The summed E-state index contributed by atoms with van der Waals surface area (Å²) in [4.78, 5) is 12.0. The van der Waals surface area contributed by atoms with E-state index in [2.05, 4.69) is 15.2 Å². The molecule has 1 amide bonds. The highest BCUT2D eigenvalue weighted by molar-refractivity contribution is 5.96. The van der Waals surface area contributed by atoms with Crippen LogP contribution in [-0.4, -0.2) is 22.3 Å². The van der Waals surface area contributed by atoms with Crippen LogP contribution in [0.15, 0.2) is 36.5 Å². The molecule has 1 N–H and O–H groups in total. The van der Waals surface area contributed by atoms with E-state index in [1.54, 1.807) is 30.1 Å². The second-order valence-electron chi connectivity index (χ2n) is 4.04. The Kier molecular flexibility index (Phi) is 4.29. The number of nitrogens with one attached hydrogen (secondary N) is 1. The van der Waals surface area contributed by atoms with Crippen molar-refractivity contribution in [2.24, 2.45) is 7.05 Å². The minimum absolute atomic E-state index is 0.0590. The summed E-state index contributed by atoms with van der Waals surface area (Å²) < 4.78 is 30.4. The van der Waals surface area contributed by atoms with E-state index in [0.717, 1.165) is 0 Å². The molecule has 2 aromatic rings. The molecular weight excluding hydrogens is 268 g/mol. The summed E-state index contributed by atoms with van der Waals surface area (Å²) >= 11 is 0. The first-order chi connectivity index (χ1) is 9.56. The van der Waals surface area contributed by atoms with Gasteiger partial charge in [-0.05, 0) is 18.2 Å². The van der Waals surface area contributed by atoms with Gasteiger partial charge in [-0.25, -0.2) is 0 Å². The molecule has 1 aromatic carbocycles. The number of carbonyl (C=O) groups is 1. The summed E-state index contributed by atoms with van der Waals surface area (Å²) in [6.07, 6.45) is 1.75. The SMILES string of the molecule is Cn1ccc(CNC(=O)c2ccccc2OC(F)F)n1. The normalized spacial score (nSPS) is 10.6. The lowest BCUT2D eigenvalue weighted by atomic mass is 10.2. The Hall–Kier alpha value is -2.44. The highest BCUT2D eigenvalue weighted by Crippen LogP contribution is 2.20. The molecule has 0 fully saturated rings. The van der Waals surface area contributed by atoms with E-state index in [4.69, 9.17) is 0 Å². The Labute approximate surface area is 114 Å². The Bertz CT molecular complexity index is 599. The van der Waals surface area contributed by atoms with E-state index in [0.29, 0.717) is 5.69 Å². The average molecular weight is 281 g/mol. The fourth-order valence-corrected chi connectivity index (χ4v) is 1.68. The number of amides is 1. The molecule has 0 bridgehead atoms. The summed E-state index contributed by atoms with van der Waals surface area (Å²) in [5.41, 5.74) is 0.733. The van der Waals surface area contributed by atoms with Gasteiger partial charge in [0.05, 0.1) is 17.8 Å². The number of hydrogen-bond donors (Lipinski definition) is 1. The fraction of sp³-hybridized carbons (Fsp3) is 0.231. The molecule has 106 valence electrons. The number of halogens is 2. The van der Waals surface area contributed by atoms with Crippen LogP contribution in [0.3, 0.4) is 0 Å². The van der Waals surface area contributed by atoms with Crippen LogP contribution in [0.2, 0.25) is 0 Å². The van der Waals surface area contributed by atoms with Gasteiger partial charge >= 0.3 is 6.61 Å². The maximum Gasteiger partial charge on any atom is 0.387 e. The van der Waals surface area contributed by atoms with Crippen LogP contribution in [-0.2, 0) is 13.6 Å². The number of ether oxygens (including phenoxy) is 1. The van der Waals surface area contributed by atoms with Crippen molar-refractivity contribution in [3.8, 4) is 5.75 Å². The molecule has 0 spiro atoms. The van der Waals surface area contributed by atoms with Gasteiger partial charge in [-0.2, -0.15) is 13.9 Å². The number of rotatable bonds is 5. The van der Waals surface area contributed by atoms with Crippen LogP contribution in [0.5, 0.6) is 5.75 Å². The van der Waals surface area contributed by atoms with Crippen LogP contribution in [0.1, 0.15) is 16.1 Å². The van der Waals surface area contributed by atoms with Crippen molar-refractivity contribution >= 4 is 5.91 Å². The number of alkyl halides is 2. The molecule has 0 saturated heterocycles. The molecule has 2 rings (SSSR count). The maximum absolute atomic E-state index is 12.3. The second-order valence-corrected chi connectivity index (χ2v) is 4.04. The predicted molar refractivity (Wildman–Crippen MR) is 67.5 cm³/mol. The number of benzene rings is 1. The lowest BCUT2D eigenvalue weighted by Gasteiger charge is -2.10. The monoisotopic (exact) mass is 281 g/mol. The van der Waals surface area contributed by atoms with E-state index in [9.17, 15) is 13.6 Å². The molecular formula is C13H13F2N3O2. The highest BCUT2D eigenvalue weighted by Gasteiger charge is 2.15. The maximum atomic E-state index is 12.3. The third-order valence-corrected chi connectivity index (χ3v) is 2.55. The van der Waals surface area contributed by atoms with Gasteiger partial charge in [-0.1, -0.05) is 12.1 Å². The smallest absolute Gasteiger partial charge is 0.387 e. The van der Waals surface area contributed by atoms with Crippen molar-refractivity contribution in [1.82, 2.24) is 15.1 Å². The zero-order valence-electron chi connectivity index (χ0n) is 10.7. The van der Waals surface area contributed by atoms with Crippen molar-refractivity contribution in [2.75, 3.05) is 0 Å². The fourth-order valence-electron chi connectivity index (χ4n) is 1.68. The topological polar surface area (TPSA) is 56.2 Å². The van der Waals surface area contributed by atoms with Crippen LogP contribution in [0.25, 0.3) is 0 Å². The molecule has 0 aliphatic heterocycles. The average Bonchev–Trinajstić information content (AvgIpc) is 2.82. The molecule has 0 atom stereocenters. The van der Waals surface area contributed by atoms with Gasteiger partial charge in [0.25, 0.3) is 5.91 Å². The third-order valence-electron chi connectivity index (χ3n) is 2.55. The number of para-hydroxylation sites is 1. The Morgan fingerprint density at radius 2 is 2.15 bits per heavy atom.